The zero-order chi connectivity index (χ0) is 12.1. The molecule has 1 heterocycles. The number of aromatic amines is 1. The Morgan fingerprint density at radius 3 is 2.71 bits per heavy atom. The van der Waals surface area contributed by atoms with Crippen molar-refractivity contribution in [1.29, 1.82) is 0 Å². The summed E-state index contributed by atoms with van der Waals surface area (Å²) in [5, 5.41) is 5.90. The van der Waals surface area contributed by atoms with Crippen molar-refractivity contribution in [3.8, 4) is 0 Å². The summed E-state index contributed by atoms with van der Waals surface area (Å²) >= 11 is 0. The molecular weight excluding hydrogens is 216 g/mol. The Bertz CT molecular complexity index is 600. The maximum absolute atomic E-state index is 11.7. The van der Waals surface area contributed by atoms with E-state index >= 15 is 0 Å². The second-order valence-electron chi connectivity index (χ2n) is 3.44. The Balaban J connectivity index is 2.17. The molecule has 0 radical (unpaired) electrons. The van der Waals surface area contributed by atoms with Gasteiger partial charge >= 0.3 is 0 Å². The van der Waals surface area contributed by atoms with Crippen LogP contribution in [-0.4, -0.2) is 16.0 Å². The lowest BCUT2D eigenvalue weighted by molar-refractivity contribution is 0.104. The van der Waals surface area contributed by atoms with Gasteiger partial charge in [-0.3, -0.25) is 9.59 Å². The van der Waals surface area contributed by atoms with Gasteiger partial charge in [0.1, 0.15) is 0 Å². The molecule has 0 saturated heterocycles. The molecule has 1 N–H and O–H groups in total. The first-order chi connectivity index (χ1) is 8.25. The predicted octanol–water partition coefficient (Wildman–Crippen LogP) is 1.67. The summed E-state index contributed by atoms with van der Waals surface area (Å²) in [4.78, 5) is 22.7. The molecule has 17 heavy (non-hydrogen) atoms. The van der Waals surface area contributed by atoms with Crippen LogP contribution in [0.15, 0.2) is 53.5 Å². The molecule has 0 bridgehead atoms. The van der Waals surface area contributed by atoms with Crippen LogP contribution in [0, 0.1) is 0 Å². The minimum Gasteiger partial charge on any atom is -0.289 e. The summed E-state index contributed by atoms with van der Waals surface area (Å²) in [6, 6.07) is 10.3. The number of ketones is 1. The van der Waals surface area contributed by atoms with Gasteiger partial charge in [-0.25, -0.2) is 5.10 Å². The van der Waals surface area contributed by atoms with Crippen molar-refractivity contribution < 1.29 is 4.79 Å². The highest BCUT2D eigenvalue weighted by atomic mass is 16.1. The first-order valence-corrected chi connectivity index (χ1v) is 5.08. The third-order valence-electron chi connectivity index (χ3n) is 2.17. The minimum absolute atomic E-state index is 0.106. The quantitative estimate of drug-likeness (QED) is 0.639. The molecule has 0 aliphatic heterocycles. The Hall–Kier alpha value is -2.49. The van der Waals surface area contributed by atoms with Crippen molar-refractivity contribution in [2.75, 3.05) is 0 Å². The number of hydrogen-bond donors (Lipinski definition) is 1. The summed E-state index contributed by atoms with van der Waals surface area (Å²) < 4.78 is 0. The van der Waals surface area contributed by atoms with Gasteiger partial charge < -0.3 is 0 Å². The molecular formula is C13H10N2O2. The van der Waals surface area contributed by atoms with E-state index in [4.69, 9.17) is 0 Å². The molecule has 0 spiro atoms. The van der Waals surface area contributed by atoms with Crippen molar-refractivity contribution in [2.24, 2.45) is 0 Å². The van der Waals surface area contributed by atoms with E-state index in [0.717, 1.165) is 0 Å². The first kappa shape index (κ1) is 11.0. The number of carbonyl (C=O) groups excluding carboxylic acids is 1. The highest BCUT2D eigenvalue weighted by Crippen LogP contribution is 2.03. The molecule has 0 atom stereocenters. The highest BCUT2D eigenvalue weighted by Gasteiger charge is 1.99. The summed E-state index contributed by atoms with van der Waals surface area (Å²) in [5.74, 6) is -0.106. The fourth-order valence-corrected chi connectivity index (χ4v) is 1.35. The molecule has 0 amide bonds. The summed E-state index contributed by atoms with van der Waals surface area (Å²) in [6.07, 6.45) is 4.47. The molecule has 0 fully saturated rings. The van der Waals surface area contributed by atoms with Crippen LogP contribution in [0.1, 0.15) is 15.9 Å². The van der Waals surface area contributed by atoms with E-state index in [2.05, 4.69) is 10.2 Å². The number of carbonyl (C=O) groups is 1. The third kappa shape index (κ3) is 2.98. The lowest BCUT2D eigenvalue weighted by Crippen LogP contribution is -2.05. The van der Waals surface area contributed by atoms with Crippen LogP contribution >= 0.6 is 0 Å². The van der Waals surface area contributed by atoms with Gasteiger partial charge in [-0.15, -0.1) is 0 Å². The lowest BCUT2D eigenvalue weighted by Gasteiger charge is -1.94. The molecule has 4 heteroatoms. The number of H-pyrrole nitrogens is 1. The molecule has 0 aliphatic carbocycles. The standard InChI is InChI=1S/C13H10N2O2/c16-12(11-4-2-1-3-5-11)7-6-10-8-13(17)15-14-9-10/h1-9H,(H,15,17)/b7-6+. The highest BCUT2D eigenvalue weighted by molar-refractivity contribution is 6.06. The Morgan fingerprint density at radius 2 is 2.00 bits per heavy atom. The monoisotopic (exact) mass is 226 g/mol. The van der Waals surface area contributed by atoms with Crippen LogP contribution in [0.3, 0.4) is 0 Å². The van der Waals surface area contributed by atoms with E-state index in [1.807, 2.05) is 6.07 Å². The number of aromatic nitrogens is 2. The van der Waals surface area contributed by atoms with E-state index < -0.39 is 0 Å². The van der Waals surface area contributed by atoms with Crippen LogP contribution in [0.25, 0.3) is 6.08 Å². The average Bonchev–Trinajstić information content (AvgIpc) is 2.37. The maximum atomic E-state index is 11.7. The zero-order valence-corrected chi connectivity index (χ0v) is 8.96. The average molecular weight is 226 g/mol. The Kier molecular flexibility index (Phi) is 3.25. The Labute approximate surface area is 97.6 Å². The number of nitrogens with one attached hydrogen (secondary N) is 1. The van der Waals surface area contributed by atoms with Gasteiger partial charge in [0.2, 0.25) is 0 Å². The predicted molar refractivity (Wildman–Crippen MR) is 64.7 cm³/mol. The van der Waals surface area contributed by atoms with E-state index in [9.17, 15) is 9.59 Å². The number of benzene rings is 1. The van der Waals surface area contributed by atoms with Crippen molar-refractivity contribution in [2.45, 2.75) is 0 Å². The molecule has 0 unspecified atom stereocenters. The number of rotatable bonds is 3. The van der Waals surface area contributed by atoms with Crippen LogP contribution < -0.4 is 5.56 Å². The summed E-state index contributed by atoms with van der Waals surface area (Å²) in [7, 11) is 0. The number of hydrogen-bond acceptors (Lipinski definition) is 3. The van der Waals surface area contributed by atoms with Crippen LogP contribution in [0.5, 0.6) is 0 Å². The van der Waals surface area contributed by atoms with Gasteiger partial charge in [0.05, 0.1) is 6.20 Å². The fraction of sp³-hybridized carbons (Fsp3) is 0. The van der Waals surface area contributed by atoms with Crippen LogP contribution in [0.4, 0.5) is 0 Å². The van der Waals surface area contributed by atoms with Gasteiger partial charge in [-0.1, -0.05) is 30.3 Å². The van der Waals surface area contributed by atoms with Crippen LogP contribution in [0.2, 0.25) is 0 Å². The molecule has 84 valence electrons. The van der Waals surface area contributed by atoms with E-state index in [-0.39, 0.29) is 11.3 Å². The third-order valence-corrected chi connectivity index (χ3v) is 2.17. The van der Waals surface area contributed by atoms with Crippen molar-refractivity contribution in [3.63, 3.8) is 0 Å². The second-order valence-corrected chi connectivity index (χ2v) is 3.44. The van der Waals surface area contributed by atoms with Crippen molar-refractivity contribution in [3.05, 3.63) is 70.2 Å². The Morgan fingerprint density at radius 1 is 1.24 bits per heavy atom. The van der Waals surface area contributed by atoms with Gasteiger partial charge in [-0.2, -0.15) is 5.10 Å². The van der Waals surface area contributed by atoms with Gasteiger partial charge in [0.25, 0.3) is 5.56 Å². The molecule has 4 nitrogen and oxygen atoms in total. The largest absolute Gasteiger partial charge is 0.289 e. The zero-order valence-electron chi connectivity index (χ0n) is 8.96. The van der Waals surface area contributed by atoms with E-state index in [1.165, 1.54) is 18.3 Å². The molecule has 0 saturated carbocycles. The fourth-order valence-electron chi connectivity index (χ4n) is 1.35. The van der Waals surface area contributed by atoms with Gasteiger partial charge in [0, 0.05) is 17.2 Å². The summed E-state index contributed by atoms with van der Waals surface area (Å²) in [6.45, 7) is 0. The van der Waals surface area contributed by atoms with E-state index in [1.54, 1.807) is 30.3 Å². The van der Waals surface area contributed by atoms with Gasteiger partial charge in [0.15, 0.2) is 5.78 Å². The van der Waals surface area contributed by atoms with Crippen molar-refractivity contribution >= 4 is 11.9 Å². The minimum atomic E-state index is -0.292. The van der Waals surface area contributed by atoms with Crippen molar-refractivity contribution in [1.82, 2.24) is 10.2 Å². The normalized spacial score (nSPS) is 10.6. The maximum Gasteiger partial charge on any atom is 0.264 e. The first-order valence-electron chi connectivity index (χ1n) is 5.08. The number of nitrogens with zero attached hydrogens (tertiary/aromatic N) is 1. The van der Waals surface area contributed by atoms with E-state index in [0.29, 0.717) is 11.1 Å². The topological polar surface area (TPSA) is 62.8 Å². The molecule has 0 aliphatic rings. The van der Waals surface area contributed by atoms with Crippen LogP contribution in [-0.2, 0) is 0 Å². The second kappa shape index (κ2) is 5.03. The molecule has 2 rings (SSSR count). The van der Waals surface area contributed by atoms with Gasteiger partial charge in [-0.05, 0) is 12.2 Å². The molecule has 1 aromatic heterocycles. The smallest absolute Gasteiger partial charge is 0.264 e. The molecule has 2 aromatic rings. The molecule has 1 aromatic carbocycles. The SMILES string of the molecule is O=C(/C=C/c1cn[nH]c(=O)c1)c1ccccc1. The summed E-state index contributed by atoms with van der Waals surface area (Å²) in [5.41, 5.74) is 0.916. The number of allylic oxidation sites excluding steroid dienone is 1. The lowest BCUT2D eigenvalue weighted by atomic mass is 10.1.